The first-order valence-corrected chi connectivity index (χ1v) is 15.7. The minimum Gasteiger partial charge on any atom is -0.342 e. The number of carbonyl (C=O) groups is 2. The smallest absolute Gasteiger partial charge is 0.233 e. The van der Waals surface area contributed by atoms with Gasteiger partial charge in [0.1, 0.15) is 11.6 Å². The largest absolute Gasteiger partial charge is 0.342 e. The van der Waals surface area contributed by atoms with Gasteiger partial charge in [0.2, 0.25) is 11.8 Å². The van der Waals surface area contributed by atoms with Gasteiger partial charge in [0.15, 0.2) is 0 Å². The molecular weight excluding hydrogens is 544 g/mol. The number of hydrogen-bond donors (Lipinski definition) is 0. The molecule has 2 saturated heterocycles. The van der Waals surface area contributed by atoms with Crippen molar-refractivity contribution in [2.24, 2.45) is 5.92 Å². The molecule has 0 radical (unpaired) electrons. The van der Waals surface area contributed by atoms with E-state index < -0.39 is 10.8 Å². The highest BCUT2D eigenvalue weighted by molar-refractivity contribution is 5.92. The van der Waals surface area contributed by atoms with Gasteiger partial charge in [-0.25, -0.2) is 8.78 Å². The van der Waals surface area contributed by atoms with Gasteiger partial charge in [-0.05, 0) is 98.5 Å². The van der Waals surface area contributed by atoms with Crippen LogP contribution < -0.4 is 0 Å². The van der Waals surface area contributed by atoms with E-state index in [9.17, 15) is 18.4 Å². The number of carbonyl (C=O) groups excluding carboxylic acids is 2. The van der Waals surface area contributed by atoms with E-state index in [1.165, 1.54) is 30.7 Å². The Kier molecular flexibility index (Phi) is 8.36. The molecule has 0 N–H and O–H groups in total. The number of likely N-dealkylation sites (N-methyl/N-ethyl adjacent to an activating group) is 1. The molecule has 0 spiro atoms. The molecule has 2 atom stereocenters. The molecule has 2 aliphatic heterocycles. The number of piperidine rings is 2. The van der Waals surface area contributed by atoms with Crippen molar-refractivity contribution in [2.45, 2.75) is 55.9 Å². The van der Waals surface area contributed by atoms with Gasteiger partial charge >= 0.3 is 0 Å². The van der Waals surface area contributed by atoms with Crippen molar-refractivity contribution in [1.29, 1.82) is 0 Å². The Morgan fingerprint density at radius 2 is 1.40 bits per heavy atom. The molecule has 43 heavy (non-hydrogen) atoms. The first-order valence-electron chi connectivity index (χ1n) is 15.7. The highest BCUT2D eigenvalue weighted by Gasteiger charge is 2.62. The van der Waals surface area contributed by atoms with Crippen LogP contribution in [-0.2, 0) is 27.0 Å². The predicted molar refractivity (Wildman–Crippen MR) is 163 cm³/mol. The Morgan fingerprint density at radius 1 is 0.791 bits per heavy atom. The van der Waals surface area contributed by atoms with Crippen LogP contribution in [0.4, 0.5) is 8.78 Å². The molecule has 0 aromatic heterocycles. The van der Waals surface area contributed by atoms with Crippen molar-refractivity contribution in [2.75, 3.05) is 39.8 Å². The molecule has 3 aromatic carbocycles. The van der Waals surface area contributed by atoms with Crippen LogP contribution in [0.2, 0.25) is 0 Å². The Bertz CT molecular complexity index is 1420. The molecule has 3 aliphatic rings. The summed E-state index contributed by atoms with van der Waals surface area (Å²) in [4.78, 5) is 34.4. The van der Waals surface area contributed by atoms with Crippen molar-refractivity contribution in [3.05, 3.63) is 107 Å². The van der Waals surface area contributed by atoms with Crippen LogP contribution in [0, 0.1) is 17.6 Å². The van der Waals surface area contributed by atoms with Crippen molar-refractivity contribution in [3.8, 4) is 0 Å². The number of halogens is 2. The van der Waals surface area contributed by atoms with E-state index in [1.807, 2.05) is 18.2 Å². The van der Waals surface area contributed by atoms with Gasteiger partial charge in [-0.3, -0.25) is 9.59 Å². The van der Waals surface area contributed by atoms with Crippen LogP contribution >= 0.6 is 0 Å². The van der Waals surface area contributed by atoms with Crippen LogP contribution in [0.15, 0.2) is 78.9 Å². The molecule has 5 nitrogen and oxygen atoms in total. The van der Waals surface area contributed by atoms with E-state index in [-0.39, 0.29) is 29.4 Å². The van der Waals surface area contributed by atoms with Gasteiger partial charge in [0.25, 0.3) is 0 Å². The summed E-state index contributed by atoms with van der Waals surface area (Å²) in [5.74, 6) is -0.275. The zero-order valence-corrected chi connectivity index (χ0v) is 25.0. The molecule has 2 heterocycles. The molecule has 1 saturated carbocycles. The summed E-state index contributed by atoms with van der Waals surface area (Å²) in [5.41, 5.74) is 1.56. The fraction of sp³-hybridized carbons (Fsp3) is 0.444. The van der Waals surface area contributed by atoms with Crippen LogP contribution in [0.25, 0.3) is 0 Å². The van der Waals surface area contributed by atoms with Crippen molar-refractivity contribution < 1.29 is 18.4 Å². The highest BCUT2D eigenvalue weighted by Crippen LogP contribution is 2.56. The molecule has 2 unspecified atom stereocenters. The van der Waals surface area contributed by atoms with Crippen LogP contribution in [0.5, 0.6) is 0 Å². The fourth-order valence-electron chi connectivity index (χ4n) is 7.52. The lowest BCUT2D eigenvalue weighted by atomic mass is 9.71. The lowest BCUT2D eigenvalue weighted by molar-refractivity contribution is -0.140. The normalized spacial score (nSPS) is 23.5. The van der Waals surface area contributed by atoms with Gasteiger partial charge in [-0.15, -0.1) is 0 Å². The molecule has 3 aromatic rings. The second kappa shape index (κ2) is 12.2. The maximum atomic E-state index is 14.1. The average Bonchev–Trinajstić information content (AvgIpc) is 3.77. The number of hydrogen-bond acceptors (Lipinski definition) is 3. The van der Waals surface area contributed by atoms with E-state index in [2.05, 4.69) is 21.9 Å². The monoisotopic (exact) mass is 585 g/mol. The third-order valence-corrected chi connectivity index (χ3v) is 10.1. The summed E-state index contributed by atoms with van der Waals surface area (Å²) >= 11 is 0. The van der Waals surface area contributed by atoms with E-state index >= 15 is 0 Å². The second-order valence-electron chi connectivity index (χ2n) is 12.8. The number of nitrogens with zero attached hydrogens (tertiary/aromatic N) is 3. The summed E-state index contributed by atoms with van der Waals surface area (Å²) in [5, 5.41) is 0. The maximum absolute atomic E-state index is 14.1. The minimum atomic E-state index is -0.722. The molecule has 6 rings (SSSR count). The van der Waals surface area contributed by atoms with E-state index in [0.717, 1.165) is 75.1 Å². The molecular formula is C36H41F2N3O2. The predicted octanol–water partition coefficient (Wildman–Crippen LogP) is 5.93. The topological polar surface area (TPSA) is 43.9 Å². The zero-order chi connectivity index (χ0) is 30.0. The third kappa shape index (κ3) is 5.84. The minimum absolute atomic E-state index is 0.00403. The third-order valence-electron chi connectivity index (χ3n) is 10.1. The molecule has 1 aliphatic carbocycles. The summed E-state index contributed by atoms with van der Waals surface area (Å²) in [7, 11) is 1.79. The standard InChI is InChI=1S/C36H41F2N3O2/c1-39(25-27-10-14-31(37)15-11-27)34(43)36(29-12-16-32(38)17-13-29)24-30(36)26-40-22-18-35(19-23-40,28-8-4-2-5-9-28)33(42)41-20-6-3-7-21-41/h2,4-5,8-17,30H,3,6-7,18-26H2,1H3. The number of rotatable bonds is 8. The van der Waals surface area contributed by atoms with Crippen molar-refractivity contribution in [1.82, 2.24) is 14.7 Å². The average molecular weight is 586 g/mol. The molecule has 2 amide bonds. The molecule has 7 heteroatoms. The Balaban J connectivity index is 1.18. The zero-order valence-electron chi connectivity index (χ0n) is 25.0. The molecule has 226 valence electrons. The summed E-state index contributed by atoms with van der Waals surface area (Å²) in [6.45, 7) is 4.36. The molecule has 3 fully saturated rings. The van der Waals surface area contributed by atoms with E-state index in [0.29, 0.717) is 13.0 Å². The van der Waals surface area contributed by atoms with Gasteiger partial charge < -0.3 is 14.7 Å². The maximum Gasteiger partial charge on any atom is 0.233 e. The Hall–Kier alpha value is -3.58. The van der Waals surface area contributed by atoms with Crippen molar-refractivity contribution in [3.63, 3.8) is 0 Å². The lowest BCUT2D eigenvalue weighted by Gasteiger charge is -2.44. The first-order chi connectivity index (χ1) is 20.8. The SMILES string of the molecule is CN(Cc1ccc(F)cc1)C(=O)C1(c2ccc(F)cc2)CC1CN1CCC(C(=O)N2CCCCC2)(c2ccccc2)CC1. The number of amides is 2. The summed E-state index contributed by atoms with van der Waals surface area (Å²) in [6.07, 6.45) is 5.52. The second-order valence-corrected chi connectivity index (χ2v) is 12.8. The fourth-order valence-corrected chi connectivity index (χ4v) is 7.52. The van der Waals surface area contributed by atoms with E-state index in [4.69, 9.17) is 0 Å². The Morgan fingerprint density at radius 3 is 2.02 bits per heavy atom. The summed E-state index contributed by atoms with van der Waals surface area (Å²) < 4.78 is 27.3. The van der Waals surface area contributed by atoms with Gasteiger partial charge in [0.05, 0.1) is 10.8 Å². The van der Waals surface area contributed by atoms with Gasteiger partial charge in [-0.2, -0.15) is 0 Å². The number of likely N-dealkylation sites (tertiary alicyclic amines) is 2. The first kappa shape index (κ1) is 29.5. The van der Waals surface area contributed by atoms with Crippen LogP contribution in [-0.4, -0.2) is 66.3 Å². The quantitative estimate of drug-likeness (QED) is 0.329. The molecule has 0 bridgehead atoms. The van der Waals surface area contributed by atoms with Crippen molar-refractivity contribution >= 4 is 11.8 Å². The van der Waals surface area contributed by atoms with Gasteiger partial charge in [0, 0.05) is 33.2 Å². The van der Waals surface area contributed by atoms with Crippen LogP contribution in [0.1, 0.15) is 55.2 Å². The summed E-state index contributed by atoms with van der Waals surface area (Å²) in [6, 6.07) is 22.8. The Labute approximate surface area is 253 Å². The van der Waals surface area contributed by atoms with E-state index in [1.54, 1.807) is 36.2 Å². The van der Waals surface area contributed by atoms with Gasteiger partial charge in [-0.1, -0.05) is 54.6 Å². The highest BCUT2D eigenvalue weighted by atomic mass is 19.1. The number of benzene rings is 3. The lowest BCUT2D eigenvalue weighted by Crippen LogP contribution is -2.54. The van der Waals surface area contributed by atoms with Crippen LogP contribution in [0.3, 0.4) is 0 Å².